The van der Waals surface area contributed by atoms with Crippen LogP contribution < -0.4 is 0 Å². The van der Waals surface area contributed by atoms with Crippen molar-refractivity contribution in [2.45, 2.75) is 61.3 Å². The molecule has 1 saturated heterocycles. The molecule has 1 aliphatic carbocycles. The second-order valence-corrected chi connectivity index (χ2v) is 15.2. The Balaban J connectivity index is 1.33. The van der Waals surface area contributed by atoms with E-state index in [0.717, 1.165) is 62.4 Å². The summed E-state index contributed by atoms with van der Waals surface area (Å²) in [4.78, 5) is 0. The van der Waals surface area contributed by atoms with Crippen molar-refractivity contribution in [3.63, 3.8) is 0 Å². The normalized spacial score (nSPS) is 18.9. The van der Waals surface area contributed by atoms with Crippen LogP contribution in [-0.4, -0.2) is 28.2 Å². The van der Waals surface area contributed by atoms with Crippen LogP contribution in [0.25, 0.3) is 43.1 Å². The van der Waals surface area contributed by atoms with E-state index in [1.54, 1.807) is 0 Å². The van der Waals surface area contributed by atoms with Crippen LogP contribution in [0.1, 0.15) is 54.4 Å². The number of fused-ring (bicyclic) bond motifs is 4. The standard InChI is InChI=1S/C50H42O4/c51-49(42-28-12-20-34-16-2-6-24-38(34)42,43-29-13-21-35-17-3-7-25-39(35)43)46-47(54-48(53-46)32-10-1-11-33-48)50(52,44-30-14-22-36-18-4-8-26-40(36)44)45-31-15-23-37-19-5-9-27-41(37)45/h2-9,12-31,46-47,51-52H,1,10-11,32-33H2/t46-,47-/m0/s1. The molecule has 8 aromatic carbocycles. The molecule has 4 nitrogen and oxygen atoms in total. The third-order valence-electron chi connectivity index (χ3n) is 12.2. The third-order valence-corrected chi connectivity index (χ3v) is 12.2. The van der Waals surface area contributed by atoms with Gasteiger partial charge in [-0.2, -0.15) is 0 Å². The number of aliphatic hydroxyl groups is 2. The number of hydrogen-bond donors (Lipinski definition) is 2. The number of ether oxygens (including phenoxy) is 2. The maximum absolute atomic E-state index is 14.3. The summed E-state index contributed by atoms with van der Waals surface area (Å²) in [5, 5.41) is 36.3. The van der Waals surface area contributed by atoms with E-state index in [1.807, 2.05) is 97.1 Å². The highest BCUT2D eigenvalue weighted by Crippen LogP contribution is 2.56. The molecule has 0 amide bonds. The van der Waals surface area contributed by atoms with Crippen LogP contribution >= 0.6 is 0 Å². The molecule has 266 valence electrons. The molecule has 54 heavy (non-hydrogen) atoms. The molecule has 0 bridgehead atoms. The summed E-state index contributed by atoms with van der Waals surface area (Å²) >= 11 is 0. The summed E-state index contributed by atoms with van der Waals surface area (Å²) in [5.41, 5.74) is -0.723. The third kappa shape index (κ3) is 5.05. The predicted octanol–water partition coefficient (Wildman–Crippen LogP) is 10.9. The highest BCUT2D eigenvalue weighted by Gasteiger charge is 2.64. The summed E-state index contributed by atoms with van der Waals surface area (Å²) < 4.78 is 14.9. The molecule has 1 aliphatic heterocycles. The Labute approximate surface area is 315 Å². The van der Waals surface area contributed by atoms with Crippen molar-refractivity contribution in [2.24, 2.45) is 0 Å². The van der Waals surface area contributed by atoms with E-state index in [2.05, 4.69) is 72.8 Å². The second-order valence-electron chi connectivity index (χ2n) is 15.2. The number of benzene rings is 8. The minimum absolute atomic E-state index is 0.669. The molecule has 0 radical (unpaired) electrons. The molecular formula is C50H42O4. The Kier molecular flexibility index (Phi) is 7.94. The predicted molar refractivity (Wildman–Crippen MR) is 217 cm³/mol. The average molecular weight is 707 g/mol. The molecule has 4 heteroatoms. The highest BCUT2D eigenvalue weighted by atomic mass is 16.8. The Morgan fingerprint density at radius 3 is 0.963 bits per heavy atom. The van der Waals surface area contributed by atoms with Gasteiger partial charge in [-0.1, -0.05) is 176 Å². The zero-order valence-corrected chi connectivity index (χ0v) is 30.1. The van der Waals surface area contributed by atoms with Crippen LogP contribution in [0.4, 0.5) is 0 Å². The topological polar surface area (TPSA) is 58.9 Å². The molecule has 2 N–H and O–H groups in total. The molecule has 1 spiro atoms. The van der Waals surface area contributed by atoms with E-state index in [4.69, 9.17) is 9.47 Å². The second kappa shape index (κ2) is 12.9. The molecule has 0 unspecified atom stereocenters. The van der Waals surface area contributed by atoms with Gasteiger partial charge < -0.3 is 19.7 Å². The lowest BCUT2D eigenvalue weighted by Gasteiger charge is -2.43. The average Bonchev–Trinajstić information content (AvgIpc) is 3.61. The Morgan fingerprint density at radius 1 is 0.370 bits per heavy atom. The number of rotatable bonds is 6. The van der Waals surface area contributed by atoms with E-state index >= 15 is 0 Å². The van der Waals surface area contributed by atoms with Gasteiger partial charge in [0.1, 0.15) is 23.4 Å². The van der Waals surface area contributed by atoms with Gasteiger partial charge in [-0.05, 0) is 78.2 Å². The summed E-state index contributed by atoms with van der Waals surface area (Å²) in [6.07, 6.45) is 2.19. The van der Waals surface area contributed by atoms with Gasteiger partial charge in [0.25, 0.3) is 0 Å². The monoisotopic (exact) mass is 706 g/mol. The summed E-state index contributed by atoms with van der Waals surface area (Å²) in [6, 6.07) is 57.2. The van der Waals surface area contributed by atoms with Gasteiger partial charge in [0.2, 0.25) is 0 Å². The van der Waals surface area contributed by atoms with E-state index in [-0.39, 0.29) is 0 Å². The van der Waals surface area contributed by atoms with E-state index in [0.29, 0.717) is 35.1 Å². The van der Waals surface area contributed by atoms with Crippen LogP contribution in [0.3, 0.4) is 0 Å². The van der Waals surface area contributed by atoms with Crippen molar-refractivity contribution >= 4 is 43.1 Å². The van der Waals surface area contributed by atoms with E-state index in [9.17, 15) is 10.2 Å². The van der Waals surface area contributed by atoms with Crippen LogP contribution in [0.5, 0.6) is 0 Å². The molecular weight excluding hydrogens is 665 g/mol. The molecule has 8 aromatic rings. The maximum Gasteiger partial charge on any atom is 0.169 e. The van der Waals surface area contributed by atoms with Crippen molar-refractivity contribution < 1.29 is 19.7 Å². The Bertz CT molecular complexity index is 2320. The van der Waals surface area contributed by atoms with Gasteiger partial charge >= 0.3 is 0 Å². The first kappa shape index (κ1) is 33.2. The molecule has 10 rings (SSSR count). The van der Waals surface area contributed by atoms with Crippen LogP contribution in [0.2, 0.25) is 0 Å². The Morgan fingerprint density at radius 2 is 0.648 bits per heavy atom. The van der Waals surface area contributed by atoms with Crippen molar-refractivity contribution in [1.29, 1.82) is 0 Å². The van der Waals surface area contributed by atoms with Gasteiger partial charge in [-0.15, -0.1) is 0 Å². The SMILES string of the molecule is OC(c1cccc2ccccc12)(c1cccc2ccccc12)[C@H]1OC2(CCCCC2)O[C@@H]1C(O)(c1cccc2ccccc12)c1cccc2ccccc12. The minimum atomic E-state index is -1.78. The lowest BCUT2D eigenvalue weighted by molar-refractivity contribution is -0.213. The van der Waals surface area contributed by atoms with Crippen molar-refractivity contribution in [1.82, 2.24) is 0 Å². The largest absolute Gasteiger partial charge is 0.377 e. The van der Waals surface area contributed by atoms with Crippen LogP contribution in [0.15, 0.2) is 170 Å². The fourth-order valence-corrected chi connectivity index (χ4v) is 9.68. The summed E-state index contributed by atoms with van der Waals surface area (Å²) in [5.74, 6) is -1.00. The lowest BCUT2D eigenvalue weighted by atomic mass is 9.69. The van der Waals surface area contributed by atoms with E-state index in [1.165, 1.54) is 0 Å². The number of hydrogen-bond acceptors (Lipinski definition) is 4. The first-order chi connectivity index (χ1) is 26.5. The molecule has 1 saturated carbocycles. The quantitative estimate of drug-likeness (QED) is 0.181. The highest BCUT2D eigenvalue weighted by molar-refractivity contribution is 5.93. The smallest absolute Gasteiger partial charge is 0.169 e. The van der Waals surface area contributed by atoms with Crippen molar-refractivity contribution in [3.8, 4) is 0 Å². The van der Waals surface area contributed by atoms with Gasteiger partial charge in [-0.3, -0.25) is 0 Å². The van der Waals surface area contributed by atoms with Gasteiger partial charge in [-0.25, -0.2) is 0 Å². The van der Waals surface area contributed by atoms with Gasteiger partial charge in [0.15, 0.2) is 5.79 Å². The zero-order chi connectivity index (χ0) is 36.3. The Hall–Kier alpha value is -5.36. The molecule has 0 aromatic heterocycles. The first-order valence-corrected chi connectivity index (χ1v) is 19.2. The van der Waals surface area contributed by atoms with Crippen molar-refractivity contribution in [2.75, 3.05) is 0 Å². The fourth-order valence-electron chi connectivity index (χ4n) is 9.68. The first-order valence-electron chi connectivity index (χ1n) is 19.2. The fraction of sp³-hybridized carbons (Fsp3) is 0.200. The summed E-state index contributed by atoms with van der Waals surface area (Å²) in [6.45, 7) is 0. The zero-order valence-electron chi connectivity index (χ0n) is 30.1. The van der Waals surface area contributed by atoms with Crippen molar-refractivity contribution in [3.05, 3.63) is 192 Å². The summed E-state index contributed by atoms with van der Waals surface area (Å²) in [7, 11) is 0. The maximum atomic E-state index is 14.3. The van der Waals surface area contributed by atoms with E-state index < -0.39 is 29.2 Å². The minimum Gasteiger partial charge on any atom is -0.377 e. The molecule has 2 fully saturated rings. The lowest BCUT2D eigenvalue weighted by Crippen LogP contribution is -2.55. The molecule has 2 aliphatic rings. The van der Waals surface area contributed by atoms with Crippen LogP contribution in [0, 0.1) is 0 Å². The molecule has 2 atom stereocenters. The molecule has 1 heterocycles. The van der Waals surface area contributed by atoms with Crippen LogP contribution in [-0.2, 0) is 20.7 Å². The van der Waals surface area contributed by atoms with Gasteiger partial charge in [0, 0.05) is 12.8 Å². The van der Waals surface area contributed by atoms with Gasteiger partial charge in [0.05, 0.1) is 0 Å².